The van der Waals surface area contributed by atoms with E-state index in [1.807, 2.05) is 36.4 Å². The number of thioether (sulfide) groups is 1. The van der Waals surface area contributed by atoms with Gasteiger partial charge in [-0.05, 0) is 42.3 Å². The zero-order valence-corrected chi connectivity index (χ0v) is 16.5. The summed E-state index contributed by atoms with van der Waals surface area (Å²) in [5.41, 5.74) is 1.60. The van der Waals surface area contributed by atoms with E-state index >= 15 is 0 Å². The molecule has 1 heterocycles. The molecule has 0 saturated carbocycles. The van der Waals surface area contributed by atoms with E-state index in [0.717, 1.165) is 21.9 Å². The van der Waals surface area contributed by atoms with Gasteiger partial charge >= 0.3 is 0 Å². The lowest BCUT2D eigenvalue weighted by molar-refractivity contribution is -0.126. The Kier molecular flexibility index (Phi) is 6.35. The summed E-state index contributed by atoms with van der Waals surface area (Å²) < 4.78 is 5.19. The number of hydrogen-bond acceptors (Lipinski definition) is 4. The molecule has 4 nitrogen and oxygen atoms in total. The van der Waals surface area contributed by atoms with Crippen LogP contribution in [0, 0.1) is 0 Å². The maximum absolute atomic E-state index is 13.0. The number of rotatable bonds is 5. The molecule has 1 aliphatic rings. The highest BCUT2D eigenvalue weighted by atomic mass is 35.5. The molecule has 138 valence electrons. The van der Waals surface area contributed by atoms with Crippen LogP contribution in [0.15, 0.2) is 47.4 Å². The number of amides is 1. The number of carbonyl (C=O) groups is 1. The molecule has 26 heavy (non-hydrogen) atoms. The maximum Gasteiger partial charge on any atom is 0.257 e. The van der Waals surface area contributed by atoms with Gasteiger partial charge in [-0.1, -0.05) is 23.7 Å². The monoisotopic (exact) mass is 411 g/mol. The summed E-state index contributed by atoms with van der Waals surface area (Å²) in [6, 6.07) is 12.8. The Morgan fingerprint density at radius 2 is 1.96 bits per heavy atom. The summed E-state index contributed by atoms with van der Waals surface area (Å²) in [4.78, 5) is 15.4. The molecule has 1 N–H and O–H groups in total. The Morgan fingerprint density at radius 1 is 1.23 bits per heavy atom. The summed E-state index contributed by atoms with van der Waals surface area (Å²) >= 11 is 13.4. The number of halogens is 2. The molecule has 2 atom stereocenters. The Labute approximate surface area is 167 Å². The van der Waals surface area contributed by atoms with E-state index in [0.29, 0.717) is 23.9 Å². The van der Waals surface area contributed by atoms with Gasteiger partial charge in [-0.3, -0.25) is 4.79 Å². The van der Waals surface area contributed by atoms with Crippen molar-refractivity contribution in [3.63, 3.8) is 0 Å². The average molecular weight is 412 g/mol. The number of alkyl halides is 1. The lowest BCUT2D eigenvalue weighted by Gasteiger charge is -2.25. The molecule has 2 aromatic carbocycles. The third kappa shape index (κ3) is 3.96. The molecular weight excluding hydrogens is 393 g/mol. The molecule has 0 aromatic heterocycles. The van der Waals surface area contributed by atoms with Crippen LogP contribution in [0.25, 0.3) is 0 Å². The van der Waals surface area contributed by atoms with Gasteiger partial charge in [0.15, 0.2) is 0 Å². The van der Waals surface area contributed by atoms with Crippen LogP contribution in [0.2, 0.25) is 5.02 Å². The molecule has 0 fully saturated rings. The molecule has 1 aliphatic heterocycles. The van der Waals surface area contributed by atoms with Crippen molar-refractivity contribution in [1.29, 1.82) is 0 Å². The van der Waals surface area contributed by atoms with E-state index in [1.165, 1.54) is 11.8 Å². The van der Waals surface area contributed by atoms with Crippen LogP contribution in [0.1, 0.15) is 17.2 Å². The highest BCUT2D eigenvalue weighted by molar-refractivity contribution is 7.99. The van der Waals surface area contributed by atoms with Gasteiger partial charge in [0.1, 0.15) is 11.9 Å². The fourth-order valence-corrected chi connectivity index (χ4v) is 4.57. The zero-order valence-electron chi connectivity index (χ0n) is 14.2. The number of benzene rings is 2. The molecule has 0 radical (unpaired) electrons. The van der Waals surface area contributed by atoms with Crippen LogP contribution < -0.4 is 9.64 Å². The Hall–Kier alpha value is -1.40. The van der Waals surface area contributed by atoms with Crippen molar-refractivity contribution in [1.82, 2.24) is 0 Å². The van der Waals surface area contributed by atoms with Crippen molar-refractivity contribution in [3.8, 4) is 5.75 Å². The van der Waals surface area contributed by atoms with Gasteiger partial charge < -0.3 is 14.7 Å². The molecule has 3 rings (SSSR count). The molecule has 0 saturated heterocycles. The number of aliphatic hydroxyl groups excluding tert-OH is 1. The first kappa shape index (κ1) is 19.4. The number of anilines is 1. The van der Waals surface area contributed by atoms with Crippen LogP contribution in [0.4, 0.5) is 5.69 Å². The van der Waals surface area contributed by atoms with E-state index in [9.17, 15) is 9.90 Å². The van der Waals surface area contributed by atoms with Crippen LogP contribution in [0.3, 0.4) is 0 Å². The minimum Gasteiger partial charge on any atom is -0.497 e. The molecule has 0 spiro atoms. The predicted molar refractivity (Wildman–Crippen MR) is 107 cm³/mol. The largest absolute Gasteiger partial charge is 0.497 e. The minimum atomic E-state index is -1.17. The van der Waals surface area contributed by atoms with Crippen molar-refractivity contribution in [3.05, 3.63) is 53.1 Å². The highest BCUT2D eigenvalue weighted by Crippen LogP contribution is 2.46. The Bertz CT molecular complexity index is 785. The summed E-state index contributed by atoms with van der Waals surface area (Å²) in [7, 11) is 1.60. The van der Waals surface area contributed by atoms with Crippen molar-refractivity contribution in [2.75, 3.05) is 24.4 Å². The fourth-order valence-electron chi connectivity index (χ4n) is 2.91. The van der Waals surface area contributed by atoms with E-state index in [-0.39, 0.29) is 5.91 Å². The number of ether oxygens (including phenoxy) is 1. The lowest BCUT2D eigenvalue weighted by atomic mass is 10.1. The van der Waals surface area contributed by atoms with Crippen molar-refractivity contribution >= 4 is 46.6 Å². The van der Waals surface area contributed by atoms with Gasteiger partial charge in [0.05, 0.1) is 18.0 Å². The number of nitrogens with zero attached hydrogens (tertiary/aromatic N) is 1. The number of aliphatic hydroxyl groups is 1. The number of hydrogen-bond donors (Lipinski definition) is 1. The fraction of sp³-hybridized carbons (Fsp3) is 0.316. The number of fused-ring (bicyclic) bond motifs is 1. The summed E-state index contributed by atoms with van der Waals surface area (Å²) in [5, 5.41) is 10.9. The van der Waals surface area contributed by atoms with E-state index in [4.69, 9.17) is 27.9 Å². The minimum absolute atomic E-state index is 0.329. The SMILES string of the molecule is COc1ccc([C@H]2Sc3cc(Cl)ccc3N(CCCCl)C(=O)[C@H]2O)cc1. The normalized spacial score (nSPS) is 19.8. The second-order valence-electron chi connectivity index (χ2n) is 5.90. The van der Waals surface area contributed by atoms with Gasteiger partial charge in [0.2, 0.25) is 0 Å². The highest BCUT2D eigenvalue weighted by Gasteiger charge is 2.37. The van der Waals surface area contributed by atoms with E-state index < -0.39 is 11.4 Å². The van der Waals surface area contributed by atoms with Gasteiger partial charge in [-0.2, -0.15) is 0 Å². The molecule has 2 aromatic rings. The first-order chi connectivity index (χ1) is 12.5. The van der Waals surface area contributed by atoms with Crippen LogP contribution >= 0.6 is 35.0 Å². The summed E-state index contributed by atoms with van der Waals surface area (Å²) in [6.07, 6.45) is -0.533. The Morgan fingerprint density at radius 3 is 2.62 bits per heavy atom. The molecule has 0 unspecified atom stereocenters. The average Bonchev–Trinajstić information content (AvgIpc) is 2.76. The molecule has 1 amide bonds. The van der Waals surface area contributed by atoms with Crippen LogP contribution in [0.5, 0.6) is 5.75 Å². The smallest absolute Gasteiger partial charge is 0.257 e. The van der Waals surface area contributed by atoms with Gasteiger partial charge in [0, 0.05) is 22.3 Å². The standard InChI is InChI=1S/C19H19Cl2NO3S/c1-25-14-6-3-12(4-7-14)18-17(23)19(24)22(10-2-9-20)15-8-5-13(21)11-16(15)26-18/h3-8,11,17-18,23H,2,9-10H2,1H3/t17-,18+/m0/s1. The second-order valence-corrected chi connectivity index (χ2v) is 7.90. The van der Waals surface area contributed by atoms with Gasteiger partial charge in [-0.25, -0.2) is 0 Å². The molecule has 0 bridgehead atoms. The van der Waals surface area contributed by atoms with Crippen LogP contribution in [-0.4, -0.2) is 36.7 Å². The topological polar surface area (TPSA) is 49.8 Å². The lowest BCUT2D eigenvalue weighted by Crippen LogP contribution is -2.41. The molecular formula is C19H19Cl2NO3S. The van der Waals surface area contributed by atoms with Crippen molar-refractivity contribution in [2.45, 2.75) is 22.7 Å². The first-order valence-corrected chi connectivity index (χ1v) is 10.00. The number of methoxy groups -OCH3 is 1. The quantitative estimate of drug-likeness (QED) is 0.734. The third-order valence-electron chi connectivity index (χ3n) is 4.23. The molecule has 7 heteroatoms. The van der Waals surface area contributed by atoms with E-state index in [2.05, 4.69) is 0 Å². The van der Waals surface area contributed by atoms with Crippen LogP contribution in [-0.2, 0) is 4.79 Å². The van der Waals surface area contributed by atoms with Crippen molar-refractivity contribution in [2.24, 2.45) is 0 Å². The zero-order chi connectivity index (χ0) is 18.7. The van der Waals surface area contributed by atoms with Crippen molar-refractivity contribution < 1.29 is 14.6 Å². The Balaban J connectivity index is 2.02. The molecule has 0 aliphatic carbocycles. The predicted octanol–water partition coefficient (Wildman–Crippen LogP) is 4.52. The first-order valence-electron chi connectivity index (χ1n) is 8.20. The summed E-state index contributed by atoms with van der Waals surface area (Å²) in [6.45, 7) is 0.448. The number of carbonyl (C=O) groups excluding carboxylic acids is 1. The van der Waals surface area contributed by atoms with Gasteiger partial charge in [0.25, 0.3) is 5.91 Å². The second kappa shape index (κ2) is 8.53. The third-order valence-corrected chi connectivity index (χ3v) is 6.10. The summed E-state index contributed by atoms with van der Waals surface area (Å²) in [5.74, 6) is 0.836. The van der Waals surface area contributed by atoms with Gasteiger partial charge in [-0.15, -0.1) is 23.4 Å². The van der Waals surface area contributed by atoms with E-state index in [1.54, 1.807) is 18.1 Å². The maximum atomic E-state index is 13.0.